The maximum Gasteiger partial charge on any atom is 0.193 e. The molecular formula is C12H9FOS. The van der Waals surface area contributed by atoms with Crippen molar-refractivity contribution in [1.29, 1.82) is 0 Å². The molecule has 76 valence electrons. The van der Waals surface area contributed by atoms with E-state index in [9.17, 15) is 9.18 Å². The molecule has 0 spiro atoms. The zero-order valence-corrected chi connectivity index (χ0v) is 8.98. The van der Waals surface area contributed by atoms with Crippen molar-refractivity contribution >= 4 is 17.1 Å². The molecule has 1 aromatic heterocycles. The second-order valence-corrected chi connectivity index (χ2v) is 4.40. The van der Waals surface area contributed by atoms with Gasteiger partial charge >= 0.3 is 0 Å². The quantitative estimate of drug-likeness (QED) is 0.709. The molecule has 1 aromatic carbocycles. The Morgan fingerprint density at radius 3 is 2.40 bits per heavy atom. The van der Waals surface area contributed by atoms with Gasteiger partial charge in [-0.15, -0.1) is 11.3 Å². The lowest BCUT2D eigenvalue weighted by Crippen LogP contribution is -1.99. The molecule has 0 unspecified atom stereocenters. The zero-order valence-electron chi connectivity index (χ0n) is 8.16. The Morgan fingerprint density at radius 2 is 1.87 bits per heavy atom. The third kappa shape index (κ3) is 2.13. The van der Waals surface area contributed by atoms with Crippen LogP contribution in [0.2, 0.25) is 0 Å². The van der Waals surface area contributed by atoms with E-state index >= 15 is 0 Å². The lowest BCUT2D eigenvalue weighted by atomic mass is 10.1. The molecular weight excluding hydrogens is 211 g/mol. The Kier molecular flexibility index (Phi) is 2.64. The summed E-state index contributed by atoms with van der Waals surface area (Å²) in [5.74, 6) is -0.382. The standard InChI is InChI=1S/C12H9FOS/c1-8-6-10(7-15-8)12(14)9-2-4-11(13)5-3-9/h2-7H,1H3. The highest BCUT2D eigenvalue weighted by molar-refractivity contribution is 7.10. The summed E-state index contributed by atoms with van der Waals surface area (Å²) in [7, 11) is 0. The van der Waals surface area contributed by atoms with E-state index in [0.29, 0.717) is 11.1 Å². The summed E-state index contributed by atoms with van der Waals surface area (Å²) in [6, 6.07) is 7.45. The van der Waals surface area contributed by atoms with Gasteiger partial charge in [0, 0.05) is 21.4 Å². The molecule has 0 saturated carbocycles. The lowest BCUT2D eigenvalue weighted by Gasteiger charge is -1.97. The van der Waals surface area contributed by atoms with Gasteiger partial charge in [0.1, 0.15) is 5.82 Å². The van der Waals surface area contributed by atoms with E-state index < -0.39 is 0 Å². The van der Waals surface area contributed by atoms with Gasteiger partial charge in [0.05, 0.1) is 0 Å². The summed E-state index contributed by atoms with van der Waals surface area (Å²) in [5.41, 5.74) is 1.19. The van der Waals surface area contributed by atoms with Crippen molar-refractivity contribution in [3.05, 3.63) is 57.5 Å². The second kappa shape index (κ2) is 3.95. The molecule has 0 fully saturated rings. The summed E-state index contributed by atoms with van der Waals surface area (Å²) >= 11 is 1.54. The van der Waals surface area contributed by atoms with Crippen LogP contribution in [0, 0.1) is 12.7 Å². The minimum Gasteiger partial charge on any atom is -0.289 e. The molecule has 1 heterocycles. The van der Waals surface area contributed by atoms with Crippen LogP contribution in [0.15, 0.2) is 35.7 Å². The highest BCUT2D eigenvalue weighted by Crippen LogP contribution is 2.17. The van der Waals surface area contributed by atoms with E-state index in [0.717, 1.165) is 4.88 Å². The van der Waals surface area contributed by atoms with Crippen LogP contribution in [0.4, 0.5) is 4.39 Å². The first kappa shape index (κ1) is 10.1. The van der Waals surface area contributed by atoms with Gasteiger partial charge in [-0.2, -0.15) is 0 Å². The normalized spacial score (nSPS) is 10.3. The summed E-state index contributed by atoms with van der Waals surface area (Å²) < 4.78 is 12.6. The molecule has 2 aromatic rings. The lowest BCUT2D eigenvalue weighted by molar-refractivity contribution is 0.103. The smallest absolute Gasteiger partial charge is 0.193 e. The van der Waals surface area contributed by atoms with Crippen molar-refractivity contribution < 1.29 is 9.18 Å². The van der Waals surface area contributed by atoms with Crippen LogP contribution in [0.3, 0.4) is 0 Å². The SMILES string of the molecule is Cc1cc(C(=O)c2ccc(F)cc2)cs1. The fourth-order valence-electron chi connectivity index (χ4n) is 1.33. The van der Waals surface area contributed by atoms with Crippen LogP contribution >= 0.6 is 11.3 Å². The van der Waals surface area contributed by atoms with E-state index in [1.54, 1.807) is 0 Å². The fourth-order valence-corrected chi connectivity index (χ4v) is 2.01. The van der Waals surface area contributed by atoms with Gasteiger partial charge in [0.15, 0.2) is 5.78 Å². The average Bonchev–Trinajstić information content (AvgIpc) is 2.65. The van der Waals surface area contributed by atoms with E-state index in [1.807, 2.05) is 18.4 Å². The summed E-state index contributed by atoms with van der Waals surface area (Å²) in [6.07, 6.45) is 0. The Labute approximate surface area is 91.2 Å². The first-order valence-electron chi connectivity index (χ1n) is 4.52. The molecule has 0 radical (unpaired) electrons. The van der Waals surface area contributed by atoms with E-state index in [1.165, 1.54) is 35.6 Å². The number of halogens is 1. The molecule has 0 amide bonds. The molecule has 0 aliphatic carbocycles. The van der Waals surface area contributed by atoms with Crippen LogP contribution in [-0.4, -0.2) is 5.78 Å². The molecule has 15 heavy (non-hydrogen) atoms. The molecule has 0 bridgehead atoms. The van der Waals surface area contributed by atoms with Crippen molar-refractivity contribution in [2.75, 3.05) is 0 Å². The molecule has 0 atom stereocenters. The number of carbonyl (C=O) groups excluding carboxylic acids is 1. The third-order valence-corrected chi connectivity index (χ3v) is 2.96. The first-order valence-corrected chi connectivity index (χ1v) is 5.40. The Balaban J connectivity index is 2.32. The summed E-state index contributed by atoms with van der Waals surface area (Å²) in [6.45, 7) is 1.95. The van der Waals surface area contributed by atoms with E-state index in [4.69, 9.17) is 0 Å². The number of aryl methyl sites for hydroxylation is 1. The number of hydrogen-bond donors (Lipinski definition) is 0. The highest BCUT2D eigenvalue weighted by Gasteiger charge is 2.09. The van der Waals surface area contributed by atoms with Gasteiger partial charge in [-0.05, 0) is 37.3 Å². The van der Waals surface area contributed by atoms with Gasteiger partial charge in [0.25, 0.3) is 0 Å². The largest absolute Gasteiger partial charge is 0.289 e. The molecule has 2 rings (SSSR count). The van der Waals surface area contributed by atoms with Gasteiger partial charge in [-0.25, -0.2) is 4.39 Å². The molecule has 0 N–H and O–H groups in total. The molecule has 1 nitrogen and oxygen atoms in total. The number of carbonyl (C=O) groups is 1. The van der Waals surface area contributed by atoms with E-state index in [2.05, 4.69) is 0 Å². The van der Waals surface area contributed by atoms with Crippen LogP contribution in [0.5, 0.6) is 0 Å². The van der Waals surface area contributed by atoms with Crippen LogP contribution in [0.25, 0.3) is 0 Å². The molecule has 0 aliphatic heterocycles. The van der Waals surface area contributed by atoms with Crippen LogP contribution in [0.1, 0.15) is 20.8 Å². The number of thiophene rings is 1. The van der Waals surface area contributed by atoms with Gasteiger partial charge < -0.3 is 0 Å². The minimum absolute atomic E-state index is 0.0562. The zero-order chi connectivity index (χ0) is 10.8. The summed E-state index contributed by atoms with van der Waals surface area (Å²) in [5, 5.41) is 1.82. The highest BCUT2D eigenvalue weighted by atomic mass is 32.1. The summed E-state index contributed by atoms with van der Waals surface area (Å²) in [4.78, 5) is 13.0. The molecule has 0 saturated heterocycles. The van der Waals surface area contributed by atoms with E-state index in [-0.39, 0.29) is 11.6 Å². The second-order valence-electron chi connectivity index (χ2n) is 3.28. The first-order chi connectivity index (χ1) is 7.16. The van der Waals surface area contributed by atoms with Crippen molar-refractivity contribution in [2.24, 2.45) is 0 Å². The molecule has 0 aliphatic rings. The molecule has 3 heteroatoms. The number of ketones is 1. The van der Waals surface area contributed by atoms with Crippen molar-refractivity contribution in [3.8, 4) is 0 Å². The van der Waals surface area contributed by atoms with Crippen molar-refractivity contribution in [2.45, 2.75) is 6.92 Å². The number of hydrogen-bond acceptors (Lipinski definition) is 2. The number of rotatable bonds is 2. The topological polar surface area (TPSA) is 17.1 Å². The monoisotopic (exact) mass is 220 g/mol. The van der Waals surface area contributed by atoms with Gasteiger partial charge in [-0.1, -0.05) is 0 Å². The van der Waals surface area contributed by atoms with Gasteiger partial charge in [-0.3, -0.25) is 4.79 Å². The predicted molar refractivity (Wildman–Crippen MR) is 58.9 cm³/mol. The Morgan fingerprint density at radius 1 is 1.20 bits per heavy atom. The predicted octanol–water partition coefficient (Wildman–Crippen LogP) is 3.43. The van der Waals surface area contributed by atoms with Crippen LogP contribution < -0.4 is 0 Å². The Bertz CT molecular complexity index is 485. The van der Waals surface area contributed by atoms with Crippen LogP contribution in [-0.2, 0) is 0 Å². The Hall–Kier alpha value is -1.48. The van der Waals surface area contributed by atoms with Crippen molar-refractivity contribution in [3.63, 3.8) is 0 Å². The number of benzene rings is 1. The van der Waals surface area contributed by atoms with Crippen molar-refractivity contribution in [1.82, 2.24) is 0 Å². The maximum atomic E-state index is 12.6. The minimum atomic E-state index is -0.326. The maximum absolute atomic E-state index is 12.6. The van der Waals surface area contributed by atoms with Gasteiger partial charge in [0.2, 0.25) is 0 Å². The third-order valence-electron chi connectivity index (χ3n) is 2.10. The average molecular weight is 220 g/mol. The fraction of sp³-hybridized carbons (Fsp3) is 0.0833.